The molecule has 0 unspecified atom stereocenters. The normalized spacial score (nSPS) is 22.0. The number of sulfonamides is 1. The molecule has 3 aliphatic rings. The number of morpholine rings is 1. The van der Waals surface area contributed by atoms with Crippen LogP contribution in [0.3, 0.4) is 0 Å². The lowest BCUT2D eigenvalue weighted by molar-refractivity contribution is -0.185. The van der Waals surface area contributed by atoms with Crippen LogP contribution in [0.5, 0.6) is 0 Å². The molecular formula is C28H31N3O4S. The molecule has 6 rings (SSSR count). The second-order valence-corrected chi connectivity index (χ2v) is 12.6. The number of hydrogen-bond donors (Lipinski definition) is 0. The largest absolute Gasteiger partial charge is 0.363 e. The van der Waals surface area contributed by atoms with Gasteiger partial charge in [-0.1, -0.05) is 30.3 Å². The average molecular weight is 506 g/mol. The number of rotatable bonds is 4. The second-order valence-electron chi connectivity index (χ2n) is 10.6. The maximum Gasteiger partial charge on any atom is 0.249 e. The van der Waals surface area contributed by atoms with E-state index < -0.39 is 15.6 Å². The van der Waals surface area contributed by atoms with Crippen LogP contribution in [0.1, 0.15) is 39.0 Å². The molecule has 0 radical (unpaired) electrons. The van der Waals surface area contributed by atoms with Gasteiger partial charge in [0.05, 0.1) is 22.6 Å². The second kappa shape index (κ2) is 8.64. The summed E-state index contributed by atoms with van der Waals surface area (Å²) in [7, 11) is -3.61. The minimum atomic E-state index is -3.61. The number of hydrogen-bond acceptors (Lipinski definition) is 5. The number of aromatic nitrogens is 1. The fraction of sp³-hybridized carbons (Fsp3) is 0.429. The monoisotopic (exact) mass is 505 g/mol. The van der Waals surface area contributed by atoms with E-state index in [4.69, 9.17) is 4.74 Å². The molecule has 1 amide bonds. The van der Waals surface area contributed by atoms with Gasteiger partial charge >= 0.3 is 0 Å². The number of fused-ring (bicyclic) bond motifs is 1. The van der Waals surface area contributed by atoms with Crippen LogP contribution in [0.4, 0.5) is 0 Å². The Kier molecular flexibility index (Phi) is 5.66. The van der Waals surface area contributed by atoms with Gasteiger partial charge in [-0.05, 0) is 74.4 Å². The third-order valence-corrected chi connectivity index (χ3v) is 10.3. The number of piperidine rings is 1. The predicted octanol–water partition coefficient (Wildman–Crippen LogP) is 4.23. The van der Waals surface area contributed by atoms with Crippen LogP contribution in [0, 0.1) is 0 Å². The Morgan fingerprint density at radius 1 is 0.944 bits per heavy atom. The molecule has 0 bridgehead atoms. The van der Waals surface area contributed by atoms with Crippen molar-refractivity contribution in [3.8, 4) is 11.1 Å². The molecule has 3 aromatic rings. The van der Waals surface area contributed by atoms with Gasteiger partial charge in [-0.15, -0.1) is 0 Å². The van der Waals surface area contributed by atoms with Crippen LogP contribution in [0.15, 0.2) is 65.7 Å². The number of carbonyl (C=O) groups excluding carboxylic acids is 1. The van der Waals surface area contributed by atoms with Crippen molar-refractivity contribution >= 4 is 26.8 Å². The Hall–Kier alpha value is -2.81. The van der Waals surface area contributed by atoms with E-state index in [-0.39, 0.29) is 18.1 Å². The number of benzene rings is 2. The van der Waals surface area contributed by atoms with Gasteiger partial charge < -0.3 is 9.64 Å². The summed E-state index contributed by atoms with van der Waals surface area (Å²) in [6, 6.07) is 17.1. The third kappa shape index (κ3) is 4.01. The van der Waals surface area contributed by atoms with Crippen molar-refractivity contribution in [1.82, 2.24) is 14.2 Å². The summed E-state index contributed by atoms with van der Waals surface area (Å²) >= 11 is 0. The zero-order valence-electron chi connectivity index (χ0n) is 20.5. The standard InChI is InChI=1S/C28H31N3O4S/c1-27(11-3-12-27)31-20-28(35-19-26(31)32)13-16-30(17-14-28)36(33,34)24-9-7-21(8-10-24)23-6-5-22-4-2-15-29-25(22)18-23/h2,4-10,15,18H,3,11-14,16-17,19-20H2,1H3. The van der Waals surface area contributed by atoms with Gasteiger partial charge in [0.25, 0.3) is 0 Å². The van der Waals surface area contributed by atoms with Crippen molar-refractivity contribution < 1.29 is 17.9 Å². The van der Waals surface area contributed by atoms with E-state index >= 15 is 0 Å². The Morgan fingerprint density at radius 2 is 1.67 bits per heavy atom. The van der Waals surface area contributed by atoms with Gasteiger partial charge in [-0.3, -0.25) is 9.78 Å². The van der Waals surface area contributed by atoms with Crippen LogP contribution in [-0.4, -0.2) is 65.9 Å². The molecule has 7 nitrogen and oxygen atoms in total. The summed E-state index contributed by atoms with van der Waals surface area (Å²) in [5, 5.41) is 1.07. The first kappa shape index (κ1) is 23.6. The van der Waals surface area contributed by atoms with Crippen molar-refractivity contribution in [3.05, 3.63) is 60.8 Å². The molecule has 2 aliphatic heterocycles. The number of ether oxygens (including phenoxy) is 1. The summed E-state index contributed by atoms with van der Waals surface area (Å²) in [6.07, 6.45) is 6.16. The van der Waals surface area contributed by atoms with Crippen LogP contribution in [0.25, 0.3) is 22.0 Å². The molecule has 2 saturated heterocycles. The van der Waals surface area contributed by atoms with E-state index in [2.05, 4.69) is 11.9 Å². The van der Waals surface area contributed by atoms with E-state index in [1.165, 1.54) is 0 Å². The maximum atomic E-state index is 13.4. The molecule has 1 spiro atoms. The predicted molar refractivity (Wildman–Crippen MR) is 138 cm³/mol. The van der Waals surface area contributed by atoms with E-state index in [0.717, 1.165) is 41.3 Å². The summed E-state index contributed by atoms with van der Waals surface area (Å²) in [5.74, 6) is 0.0557. The van der Waals surface area contributed by atoms with Crippen molar-refractivity contribution in [3.63, 3.8) is 0 Å². The molecule has 3 fully saturated rings. The van der Waals surface area contributed by atoms with Crippen molar-refractivity contribution in [2.75, 3.05) is 26.2 Å². The Balaban J connectivity index is 1.16. The molecule has 188 valence electrons. The van der Waals surface area contributed by atoms with Gasteiger partial charge in [0, 0.05) is 30.2 Å². The topological polar surface area (TPSA) is 79.8 Å². The van der Waals surface area contributed by atoms with Crippen LogP contribution >= 0.6 is 0 Å². The summed E-state index contributed by atoms with van der Waals surface area (Å²) < 4.78 is 34.5. The number of pyridine rings is 1. The van der Waals surface area contributed by atoms with Gasteiger partial charge in [0.1, 0.15) is 6.61 Å². The minimum absolute atomic E-state index is 0.0557. The van der Waals surface area contributed by atoms with Gasteiger partial charge in [-0.2, -0.15) is 4.31 Å². The highest BCUT2D eigenvalue weighted by Crippen LogP contribution is 2.42. The van der Waals surface area contributed by atoms with Crippen molar-refractivity contribution in [2.45, 2.75) is 55.1 Å². The van der Waals surface area contributed by atoms with Gasteiger partial charge in [0.15, 0.2) is 0 Å². The molecule has 3 heterocycles. The van der Waals surface area contributed by atoms with Gasteiger partial charge in [-0.25, -0.2) is 8.42 Å². The van der Waals surface area contributed by atoms with E-state index in [9.17, 15) is 13.2 Å². The van der Waals surface area contributed by atoms with Crippen LogP contribution < -0.4 is 0 Å². The highest BCUT2D eigenvalue weighted by atomic mass is 32.2. The Morgan fingerprint density at radius 3 is 2.36 bits per heavy atom. The van der Waals surface area contributed by atoms with E-state index in [0.29, 0.717) is 37.4 Å². The zero-order valence-corrected chi connectivity index (χ0v) is 21.3. The quantitative estimate of drug-likeness (QED) is 0.530. The smallest absolute Gasteiger partial charge is 0.249 e. The highest BCUT2D eigenvalue weighted by Gasteiger charge is 2.50. The third-order valence-electron chi connectivity index (χ3n) is 8.40. The molecular weight excluding hydrogens is 474 g/mol. The molecule has 36 heavy (non-hydrogen) atoms. The molecule has 1 aliphatic carbocycles. The average Bonchev–Trinajstić information content (AvgIpc) is 2.89. The first-order chi connectivity index (χ1) is 17.3. The van der Waals surface area contributed by atoms with E-state index in [1.807, 2.05) is 47.4 Å². The van der Waals surface area contributed by atoms with Crippen LogP contribution in [0.2, 0.25) is 0 Å². The highest BCUT2D eigenvalue weighted by molar-refractivity contribution is 7.89. The van der Waals surface area contributed by atoms with E-state index in [1.54, 1.807) is 22.6 Å². The van der Waals surface area contributed by atoms with Crippen LogP contribution in [-0.2, 0) is 19.6 Å². The molecule has 1 saturated carbocycles. The fourth-order valence-electron chi connectivity index (χ4n) is 5.82. The summed E-state index contributed by atoms with van der Waals surface area (Å²) in [5.41, 5.74) is 2.33. The summed E-state index contributed by atoms with van der Waals surface area (Å²) in [6.45, 7) is 3.59. The number of nitrogens with zero attached hydrogens (tertiary/aromatic N) is 3. The molecule has 2 aromatic carbocycles. The molecule has 0 atom stereocenters. The summed E-state index contributed by atoms with van der Waals surface area (Å²) in [4.78, 5) is 19.3. The fourth-order valence-corrected chi connectivity index (χ4v) is 7.26. The van der Waals surface area contributed by atoms with Crippen molar-refractivity contribution in [1.29, 1.82) is 0 Å². The molecule has 0 N–H and O–H groups in total. The maximum absolute atomic E-state index is 13.4. The van der Waals surface area contributed by atoms with Crippen molar-refractivity contribution in [2.24, 2.45) is 0 Å². The lowest BCUT2D eigenvalue weighted by Gasteiger charge is -2.55. The lowest BCUT2D eigenvalue weighted by atomic mass is 9.75. The first-order valence-corrected chi connectivity index (χ1v) is 14.1. The molecule has 8 heteroatoms. The SMILES string of the molecule is CC1(N2CC3(CCN(S(=O)(=O)c4ccc(-c5ccc6cccnc6c5)cc4)CC3)OCC2=O)CCC1. The van der Waals surface area contributed by atoms with Gasteiger partial charge in [0.2, 0.25) is 15.9 Å². The number of amides is 1. The minimum Gasteiger partial charge on any atom is -0.363 e. The first-order valence-electron chi connectivity index (χ1n) is 12.7. The zero-order chi connectivity index (χ0) is 25.0. The lowest BCUT2D eigenvalue weighted by Crippen LogP contribution is -2.65. The Labute approximate surface area is 212 Å². The number of carbonyl (C=O) groups is 1. The Bertz CT molecular complexity index is 1410. The molecule has 1 aromatic heterocycles.